The number of nitrogens with two attached hydrogens (primary N) is 1. The molecule has 5 rings (SSSR count). The van der Waals surface area contributed by atoms with Crippen molar-refractivity contribution in [2.45, 2.75) is 33.2 Å². The van der Waals surface area contributed by atoms with Crippen LogP contribution in [0.3, 0.4) is 0 Å². The van der Waals surface area contributed by atoms with Crippen molar-refractivity contribution in [1.29, 1.82) is 0 Å². The minimum absolute atomic E-state index is 0.242. The molecule has 9 heteroatoms. The van der Waals surface area contributed by atoms with E-state index in [9.17, 15) is 0 Å². The molecular formula is C24H22ClN7O. The Bertz CT molecular complexity index is 1480. The number of nitrogen functional groups attached to an aromatic ring is 1. The number of hydrogen-bond acceptors (Lipinski definition) is 7. The first-order valence-corrected chi connectivity index (χ1v) is 10.8. The quantitative estimate of drug-likeness (QED) is 0.379. The Labute approximate surface area is 195 Å². The van der Waals surface area contributed by atoms with Crippen LogP contribution in [0.2, 0.25) is 5.02 Å². The minimum Gasteiger partial charge on any atom is -0.368 e. The third-order valence-corrected chi connectivity index (χ3v) is 5.68. The molecule has 3 aromatic heterocycles. The molecule has 0 aliphatic heterocycles. The predicted octanol–water partition coefficient (Wildman–Crippen LogP) is 5.51. The number of hydrogen-bond donors (Lipinski definition) is 1. The summed E-state index contributed by atoms with van der Waals surface area (Å²) in [4.78, 5) is 13.3. The highest BCUT2D eigenvalue weighted by atomic mass is 35.5. The van der Waals surface area contributed by atoms with E-state index in [0.29, 0.717) is 16.5 Å². The van der Waals surface area contributed by atoms with Gasteiger partial charge in [0.1, 0.15) is 11.5 Å². The second kappa shape index (κ2) is 7.67. The van der Waals surface area contributed by atoms with Crippen LogP contribution < -0.4 is 5.73 Å². The molecule has 0 aliphatic carbocycles. The van der Waals surface area contributed by atoms with Crippen molar-refractivity contribution in [1.82, 2.24) is 29.9 Å². The molecule has 0 saturated carbocycles. The topological polar surface area (TPSA) is 109 Å². The summed E-state index contributed by atoms with van der Waals surface area (Å²) in [5.74, 6) is 1.61. The van der Waals surface area contributed by atoms with Crippen LogP contribution in [-0.4, -0.2) is 29.9 Å². The van der Waals surface area contributed by atoms with Gasteiger partial charge in [-0.3, -0.25) is 0 Å². The zero-order valence-corrected chi connectivity index (χ0v) is 19.4. The minimum atomic E-state index is -0.248. The highest BCUT2D eigenvalue weighted by molar-refractivity contribution is 6.31. The Morgan fingerprint density at radius 2 is 1.73 bits per heavy atom. The molecule has 0 saturated heterocycles. The first-order chi connectivity index (χ1) is 15.7. The summed E-state index contributed by atoms with van der Waals surface area (Å²) in [6, 6.07) is 11.8. The Morgan fingerprint density at radius 3 is 2.39 bits per heavy atom. The normalized spacial score (nSPS) is 11.9. The fraction of sp³-hybridized carbons (Fsp3) is 0.208. The molecule has 0 amide bonds. The molecule has 166 valence electrons. The van der Waals surface area contributed by atoms with Crippen molar-refractivity contribution in [3.05, 3.63) is 59.5 Å². The van der Waals surface area contributed by atoms with Gasteiger partial charge in [-0.1, -0.05) is 17.7 Å². The number of anilines is 1. The lowest BCUT2D eigenvalue weighted by Crippen LogP contribution is -2.22. The fourth-order valence-corrected chi connectivity index (χ4v) is 4.16. The van der Waals surface area contributed by atoms with Gasteiger partial charge in [0.25, 0.3) is 0 Å². The molecule has 3 heterocycles. The van der Waals surface area contributed by atoms with E-state index in [1.165, 1.54) is 0 Å². The van der Waals surface area contributed by atoms with Gasteiger partial charge in [0, 0.05) is 44.9 Å². The first kappa shape index (κ1) is 21.1. The average Bonchev–Trinajstić information content (AvgIpc) is 3.36. The third kappa shape index (κ3) is 3.72. The van der Waals surface area contributed by atoms with Gasteiger partial charge in [-0.2, -0.15) is 0 Å². The van der Waals surface area contributed by atoms with Crippen LogP contribution in [-0.2, 0) is 5.54 Å². The summed E-state index contributed by atoms with van der Waals surface area (Å²) in [6.45, 7) is 8.30. The molecule has 5 aromatic rings. The molecule has 8 nitrogen and oxygen atoms in total. The summed E-state index contributed by atoms with van der Waals surface area (Å²) < 4.78 is 7.69. The number of benzene rings is 2. The number of imidazole rings is 1. The SMILES string of the molecule is Cc1nnoc1-c1cc(Cl)ccc1-c1nc2cc(-c3cnc(N)nc3)ccc2n1C(C)(C)C. The van der Waals surface area contributed by atoms with E-state index in [-0.39, 0.29) is 11.5 Å². The van der Waals surface area contributed by atoms with Crippen molar-refractivity contribution in [2.75, 3.05) is 5.73 Å². The molecule has 0 radical (unpaired) electrons. The first-order valence-electron chi connectivity index (χ1n) is 10.4. The van der Waals surface area contributed by atoms with Gasteiger partial charge in [-0.25, -0.2) is 15.0 Å². The van der Waals surface area contributed by atoms with Gasteiger partial charge in [0.2, 0.25) is 5.95 Å². The van der Waals surface area contributed by atoms with E-state index in [1.807, 2.05) is 37.3 Å². The maximum absolute atomic E-state index is 6.35. The standard InChI is InChI=1S/C24H22ClN7O/c1-13-21(33-31-30-13)18-10-16(25)6-7-17(18)22-29-19-9-14(15-11-27-23(26)28-12-15)5-8-20(19)32(22)24(2,3)4/h5-12H,1-4H3,(H2,26,27,28). The molecule has 33 heavy (non-hydrogen) atoms. The van der Waals surface area contributed by atoms with Gasteiger partial charge >= 0.3 is 0 Å². The average molecular weight is 460 g/mol. The number of rotatable bonds is 3. The van der Waals surface area contributed by atoms with Gasteiger partial charge in [0.05, 0.1) is 11.0 Å². The van der Waals surface area contributed by atoms with Crippen LogP contribution >= 0.6 is 11.6 Å². The third-order valence-electron chi connectivity index (χ3n) is 5.45. The van der Waals surface area contributed by atoms with Crippen LogP contribution in [0.15, 0.2) is 53.3 Å². The van der Waals surface area contributed by atoms with Crippen LogP contribution in [0, 0.1) is 6.92 Å². The second-order valence-electron chi connectivity index (χ2n) is 8.85. The smallest absolute Gasteiger partial charge is 0.219 e. The van der Waals surface area contributed by atoms with E-state index in [2.05, 4.69) is 51.7 Å². The maximum Gasteiger partial charge on any atom is 0.219 e. The number of halogens is 1. The molecule has 0 atom stereocenters. The zero-order valence-electron chi connectivity index (χ0n) is 18.7. The summed E-state index contributed by atoms with van der Waals surface area (Å²) in [7, 11) is 0. The Balaban J connectivity index is 1.77. The van der Waals surface area contributed by atoms with E-state index in [1.54, 1.807) is 12.4 Å². The van der Waals surface area contributed by atoms with Gasteiger partial charge in [-0.15, -0.1) is 5.10 Å². The zero-order chi connectivity index (χ0) is 23.3. The molecule has 2 N–H and O–H groups in total. The predicted molar refractivity (Wildman–Crippen MR) is 129 cm³/mol. The van der Waals surface area contributed by atoms with Crippen molar-refractivity contribution < 1.29 is 4.52 Å². The van der Waals surface area contributed by atoms with Crippen molar-refractivity contribution in [2.24, 2.45) is 0 Å². The fourth-order valence-electron chi connectivity index (χ4n) is 3.98. The molecule has 0 bridgehead atoms. The summed E-state index contributed by atoms with van der Waals surface area (Å²) in [6.07, 6.45) is 3.42. The van der Waals surface area contributed by atoms with Gasteiger partial charge in [-0.05, 0) is 63.6 Å². The highest BCUT2D eigenvalue weighted by Gasteiger charge is 2.26. The lowest BCUT2D eigenvalue weighted by atomic mass is 10.0. The lowest BCUT2D eigenvalue weighted by Gasteiger charge is -2.25. The molecule has 0 unspecified atom stereocenters. The van der Waals surface area contributed by atoms with Gasteiger partial charge < -0.3 is 14.8 Å². The lowest BCUT2D eigenvalue weighted by molar-refractivity contribution is 0.403. The number of aryl methyl sites for hydroxylation is 1. The molecule has 0 fully saturated rings. The van der Waals surface area contributed by atoms with Crippen molar-refractivity contribution in [3.8, 4) is 33.8 Å². The van der Waals surface area contributed by atoms with Gasteiger partial charge in [0.15, 0.2) is 5.76 Å². The van der Waals surface area contributed by atoms with Crippen LogP contribution in [0.1, 0.15) is 26.5 Å². The monoisotopic (exact) mass is 459 g/mol. The second-order valence-corrected chi connectivity index (χ2v) is 9.29. The van der Waals surface area contributed by atoms with Crippen LogP contribution in [0.25, 0.3) is 44.9 Å². The number of fused-ring (bicyclic) bond motifs is 1. The molecule has 0 aliphatic rings. The molecule has 2 aromatic carbocycles. The Hall–Kier alpha value is -3.78. The highest BCUT2D eigenvalue weighted by Crippen LogP contribution is 2.39. The van der Waals surface area contributed by atoms with Crippen LogP contribution in [0.5, 0.6) is 0 Å². The van der Waals surface area contributed by atoms with E-state index in [4.69, 9.17) is 26.8 Å². The molecular weight excluding hydrogens is 438 g/mol. The molecule has 0 spiro atoms. The maximum atomic E-state index is 6.35. The van der Waals surface area contributed by atoms with E-state index >= 15 is 0 Å². The largest absolute Gasteiger partial charge is 0.368 e. The van der Waals surface area contributed by atoms with E-state index < -0.39 is 0 Å². The number of aromatic nitrogens is 6. The Kier molecular flexibility index (Phi) is 4.90. The van der Waals surface area contributed by atoms with Crippen molar-refractivity contribution >= 4 is 28.6 Å². The van der Waals surface area contributed by atoms with Crippen molar-refractivity contribution in [3.63, 3.8) is 0 Å². The summed E-state index contributed by atoms with van der Waals surface area (Å²) in [5.41, 5.74) is 11.4. The number of nitrogens with zero attached hydrogens (tertiary/aromatic N) is 6. The van der Waals surface area contributed by atoms with Crippen LogP contribution in [0.4, 0.5) is 5.95 Å². The Morgan fingerprint density at radius 1 is 0.970 bits per heavy atom. The van der Waals surface area contributed by atoms with E-state index in [0.717, 1.165) is 39.1 Å². The summed E-state index contributed by atoms with van der Waals surface area (Å²) >= 11 is 6.35. The summed E-state index contributed by atoms with van der Waals surface area (Å²) in [5, 5.41) is 8.32.